The van der Waals surface area contributed by atoms with Crippen molar-refractivity contribution in [3.05, 3.63) is 23.9 Å². The van der Waals surface area contributed by atoms with Crippen LogP contribution in [0.2, 0.25) is 0 Å². The number of aromatic carboxylic acids is 1. The zero-order valence-corrected chi connectivity index (χ0v) is 10.3. The molecule has 98 valence electrons. The summed E-state index contributed by atoms with van der Waals surface area (Å²) in [6, 6.07) is 2.79. The second-order valence-corrected chi connectivity index (χ2v) is 4.45. The molecule has 1 aromatic heterocycles. The van der Waals surface area contributed by atoms with Crippen molar-refractivity contribution in [2.75, 3.05) is 13.2 Å². The first-order valence-corrected chi connectivity index (χ1v) is 5.60. The number of rotatable bonds is 4. The van der Waals surface area contributed by atoms with E-state index in [2.05, 4.69) is 4.98 Å². The van der Waals surface area contributed by atoms with E-state index in [0.29, 0.717) is 6.61 Å². The first-order chi connectivity index (χ1) is 8.46. The minimum absolute atomic E-state index is 0.143. The highest BCUT2D eigenvalue weighted by atomic mass is 16.7. The van der Waals surface area contributed by atoms with Crippen molar-refractivity contribution in [2.45, 2.75) is 25.7 Å². The van der Waals surface area contributed by atoms with Crippen LogP contribution in [0.5, 0.6) is 5.88 Å². The van der Waals surface area contributed by atoms with Gasteiger partial charge in [0.15, 0.2) is 5.79 Å². The highest BCUT2D eigenvalue weighted by Gasteiger charge is 2.33. The Bertz CT molecular complexity index is 446. The van der Waals surface area contributed by atoms with E-state index in [1.54, 1.807) is 0 Å². The second kappa shape index (κ2) is 4.91. The molecule has 6 nitrogen and oxygen atoms in total. The molecule has 0 spiro atoms. The topological polar surface area (TPSA) is 77.9 Å². The normalized spacial score (nSPS) is 21.8. The van der Waals surface area contributed by atoms with Gasteiger partial charge in [0, 0.05) is 12.3 Å². The maximum Gasteiger partial charge on any atom is 0.335 e. The van der Waals surface area contributed by atoms with Crippen LogP contribution in [0, 0.1) is 0 Å². The number of nitrogens with zero attached hydrogens (tertiary/aromatic N) is 1. The Kier molecular flexibility index (Phi) is 3.49. The molecule has 0 radical (unpaired) electrons. The Labute approximate surface area is 104 Å². The highest BCUT2D eigenvalue weighted by molar-refractivity contribution is 5.87. The van der Waals surface area contributed by atoms with Crippen LogP contribution in [-0.2, 0) is 9.47 Å². The molecule has 0 aliphatic carbocycles. The molecule has 1 fully saturated rings. The average Bonchev–Trinajstić information content (AvgIpc) is 2.67. The summed E-state index contributed by atoms with van der Waals surface area (Å²) in [5, 5.41) is 8.83. The monoisotopic (exact) mass is 253 g/mol. The lowest BCUT2D eigenvalue weighted by atomic mass is 10.3. The number of carboxylic acids is 1. The molecule has 1 aromatic rings. The van der Waals surface area contributed by atoms with Crippen molar-refractivity contribution >= 4 is 5.97 Å². The van der Waals surface area contributed by atoms with Crippen molar-refractivity contribution in [2.24, 2.45) is 0 Å². The summed E-state index contributed by atoms with van der Waals surface area (Å²) in [6.45, 7) is 4.39. The van der Waals surface area contributed by atoms with Crippen LogP contribution in [0.1, 0.15) is 24.2 Å². The van der Waals surface area contributed by atoms with Gasteiger partial charge in [-0.05, 0) is 19.9 Å². The minimum atomic E-state index is -1.01. The van der Waals surface area contributed by atoms with Gasteiger partial charge in [-0.15, -0.1) is 0 Å². The molecule has 1 atom stereocenters. The summed E-state index contributed by atoms with van der Waals surface area (Å²) in [4.78, 5) is 14.7. The lowest BCUT2D eigenvalue weighted by molar-refractivity contribution is -0.141. The Morgan fingerprint density at radius 3 is 3.06 bits per heavy atom. The fourth-order valence-corrected chi connectivity index (χ4v) is 1.64. The molecule has 1 aliphatic rings. The SMILES string of the molecule is CC1(C)OC[C@@H](COc2cc(C(=O)O)ccn2)O1. The van der Waals surface area contributed by atoms with Crippen molar-refractivity contribution < 1.29 is 24.1 Å². The molecule has 1 saturated heterocycles. The lowest BCUT2D eigenvalue weighted by Gasteiger charge is -2.17. The van der Waals surface area contributed by atoms with E-state index in [1.807, 2.05) is 13.8 Å². The molecule has 0 saturated carbocycles. The van der Waals surface area contributed by atoms with Gasteiger partial charge in [-0.2, -0.15) is 0 Å². The van der Waals surface area contributed by atoms with Crippen LogP contribution in [0.15, 0.2) is 18.3 Å². The Balaban J connectivity index is 1.91. The van der Waals surface area contributed by atoms with Gasteiger partial charge in [-0.25, -0.2) is 9.78 Å². The number of carbonyl (C=O) groups is 1. The summed E-state index contributed by atoms with van der Waals surface area (Å²) in [5.41, 5.74) is 0.143. The quantitative estimate of drug-likeness (QED) is 0.871. The second-order valence-electron chi connectivity index (χ2n) is 4.45. The number of ether oxygens (including phenoxy) is 3. The van der Waals surface area contributed by atoms with Gasteiger partial charge < -0.3 is 19.3 Å². The van der Waals surface area contributed by atoms with Gasteiger partial charge >= 0.3 is 5.97 Å². The van der Waals surface area contributed by atoms with Gasteiger partial charge in [0.2, 0.25) is 5.88 Å². The van der Waals surface area contributed by atoms with Crippen molar-refractivity contribution in [1.29, 1.82) is 0 Å². The number of hydrogen-bond acceptors (Lipinski definition) is 5. The van der Waals surface area contributed by atoms with Crippen LogP contribution >= 0.6 is 0 Å². The zero-order valence-electron chi connectivity index (χ0n) is 10.3. The predicted octanol–water partition coefficient (Wildman–Crippen LogP) is 1.31. The minimum Gasteiger partial charge on any atom is -0.478 e. The van der Waals surface area contributed by atoms with Gasteiger partial charge in [0.05, 0.1) is 12.2 Å². The molecular formula is C12H15NO5. The number of hydrogen-bond donors (Lipinski definition) is 1. The molecule has 2 heterocycles. The van der Waals surface area contributed by atoms with Crippen molar-refractivity contribution in [3.8, 4) is 5.88 Å². The Morgan fingerprint density at radius 1 is 1.67 bits per heavy atom. The standard InChI is InChI=1S/C12H15NO5/c1-12(2)17-7-9(18-12)6-16-10-5-8(11(14)15)3-4-13-10/h3-5,9H,6-7H2,1-2H3,(H,14,15)/t9-/m1/s1. The van der Waals surface area contributed by atoms with E-state index < -0.39 is 11.8 Å². The zero-order chi connectivity index (χ0) is 13.2. The highest BCUT2D eigenvalue weighted by Crippen LogP contribution is 2.22. The average molecular weight is 253 g/mol. The van der Waals surface area contributed by atoms with Gasteiger partial charge in [-0.3, -0.25) is 0 Å². The summed E-state index contributed by atoms with van der Waals surface area (Å²) in [7, 11) is 0. The number of pyridine rings is 1. The largest absolute Gasteiger partial charge is 0.478 e. The van der Waals surface area contributed by atoms with Crippen LogP contribution in [0.3, 0.4) is 0 Å². The van der Waals surface area contributed by atoms with E-state index >= 15 is 0 Å². The molecule has 2 rings (SSSR count). The van der Waals surface area contributed by atoms with Crippen LogP contribution < -0.4 is 4.74 Å². The fraction of sp³-hybridized carbons (Fsp3) is 0.500. The number of aromatic nitrogens is 1. The summed E-state index contributed by atoms with van der Waals surface area (Å²) < 4.78 is 16.3. The summed E-state index contributed by atoms with van der Waals surface area (Å²) in [6.07, 6.45) is 1.23. The molecule has 0 amide bonds. The molecule has 0 bridgehead atoms. The molecule has 1 N–H and O–H groups in total. The van der Waals surface area contributed by atoms with Crippen LogP contribution in [-0.4, -0.2) is 41.2 Å². The van der Waals surface area contributed by atoms with E-state index in [4.69, 9.17) is 19.3 Å². The smallest absolute Gasteiger partial charge is 0.335 e. The fourth-order valence-electron chi connectivity index (χ4n) is 1.64. The summed E-state index contributed by atoms with van der Waals surface area (Å²) >= 11 is 0. The molecule has 0 aromatic carbocycles. The van der Waals surface area contributed by atoms with Gasteiger partial charge in [-0.1, -0.05) is 0 Å². The van der Waals surface area contributed by atoms with E-state index in [9.17, 15) is 4.79 Å². The number of carboxylic acid groups (broad SMARTS) is 1. The predicted molar refractivity (Wildman–Crippen MR) is 61.6 cm³/mol. The maximum atomic E-state index is 10.8. The molecule has 1 aliphatic heterocycles. The van der Waals surface area contributed by atoms with Crippen LogP contribution in [0.25, 0.3) is 0 Å². The van der Waals surface area contributed by atoms with E-state index in [-0.39, 0.29) is 24.2 Å². The first kappa shape index (κ1) is 12.8. The molecular weight excluding hydrogens is 238 g/mol. The molecule has 0 unspecified atom stereocenters. The Morgan fingerprint density at radius 2 is 2.44 bits per heavy atom. The lowest BCUT2D eigenvalue weighted by Crippen LogP contribution is -2.25. The van der Waals surface area contributed by atoms with Crippen molar-refractivity contribution in [3.63, 3.8) is 0 Å². The Hall–Kier alpha value is -1.66. The third kappa shape index (κ3) is 3.18. The van der Waals surface area contributed by atoms with Gasteiger partial charge in [0.1, 0.15) is 12.7 Å². The molecule has 6 heteroatoms. The summed E-state index contributed by atoms with van der Waals surface area (Å²) in [5.74, 6) is -1.34. The van der Waals surface area contributed by atoms with E-state index in [0.717, 1.165) is 0 Å². The van der Waals surface area contributed by atoms with Crippen molar-refractivity contribution in [1.82, 2.24) is 4.98 Å². The van der Waals surface area contributed by atoms with Gasteiger partial charge in [0.25, 0.3) is 0 Å². The first-order valence-electron chi connectivity index (χ1n) is 5.60. The van der Waals surface area contributed by atoms with Crippen LogP contribution in [0.4, 0.5) is 0 Å². The molecule has 18 heavy (non-hydrogen) atoms. The van der Waals surface area contributed by atoms with E-state index in [1.165, 1.54) is 18.3 Å². The third-order valence-electron chi connectivity index (χ3n) is 2.47. The maximum absolute atomic E-state index is 10.8. The third-order valence-corrected chi connectivity index (χ3v) is 2.47.